The summed E-state index contributed by atoms with van der Waals surface area (Å²) in [6, 6.07) is 5.50. The van der Waals surface area contributed by atoms with E-state index in [2.05, 4.69) is 5.32 Å². The minimum absolute atomic E-state index is 0.162. The number of rotatable bonds is 2. The lowest BCUT2D eigenvalue weighted by Gasteiger charge is -2.14. The summed E-state index contributed by atoms with van der Waals surface area (Å²) in [5, 5.41) is 3.37. The molecular weight excluding hydrogens is 266 g/mol. The first-order chi connectivity index (χ1) is 10.1. The molecule has 1 aromatic carbocycles. The largest absolute Gasteiger partial charge is 0.398 e. The van der Waals surface area contributed by atoms with Gasteiger partial charge in [-0.2, -0.15) is 0 Å². The second-order valence-electron chi connectivity index (χ2n) is 5.68. The molecule has 21 heavy (non-hydrogen) atoms. The number of pyridine rings is 1. The van der Waals surface area contributed by atoms with Gasteiger partial charge in [0.1, 0.15) is 5.56 Å². The number of fused-ring (bicyclic) bond motifs is 1. The number of hydrogen-bond donors (Lipinski definition) is 2. The first-order valence-electron chi connectivity index (χ1n) is 7.26. The summed E-state index contributed by atoms with van der Waals surface area (Å²) in [6.45, 7) is 0. The lowest BCUT2D eigenvalue weighted by molar-refractivity contribution is 0.0936. The molecule has 3 N–H and O–H groups in total. The predicted molar refractivity (Wildman–Crippen MR) is 83.3 cm³/mol. The highest BCUT2D eigenvalue weighted by Gasteiger charge is 2.21. The molecular formula is C16H19N3O2. The Morgan fingerprint density at radius 2 is 2.05 bits per heavy atom. The molecule has 0 unspecified atom stereocenters. The second kappa shape index (κ2) is 5.24. The van der Waals surface area contributed by atoms with Crippen molar-refractivity contribution in [1.82, 2.24) is 9.88 Å². The summed E-state index contributed by atoms with van der Waals surface area (Å²) >= 11 is 0. The average Bonchev–Trinajstić information content (AvgIpc) is 2.95. The van der Waals surface area contributed by atoms with Crippen molar-refractivity contribution in [3.63, 3.8) is 0 Å². The van der Waals surface area contributed by atoms with Gasteiger partial charge in [0.15, 0.2) is 0 Å². The van der Waals surface area contributed by atoms with Crippen molar-refractivity contribution in [1.29, 1.82) is 0 Å². The molecule has 1 aliphatic carbocycles. The van der Waals surface area contributed by atoms with E-state index in [-0.39, 0.29) is 22.9 Å². The normalized spacial score (nSPS) is 15.5. The van der Waals surface area contributed by atoms with Crippen molar-refractivity contribution in [3.8, 4) is 0 Å². The molecule has 110 valence electrons. The number of nitrogens with one attached hydrogen (secondary N) is 1. The standard InChI is InChI=1S/C16H19N3O2/c1-19-9-11(16(21)18-10-5-2-3-6-10)15(20)14-12(17)7-4-8-13(14)19/h4,7-10H,2-3,5-6,17H2,1H3,(H,18,21). The van der Waals surface area contributed by atoms with Gasteiger partial charge < -0.3 is 15.6 Å². The minimum atomic E-state index is -0.298. The van der Waals surface area contributed by atoms with Gasteiger partial charge in [0.25, 0.3) is 5.91 Å². The number of aryl methyl sites for hydroxylation is 1. The van der Waals surface area contributed by atoms with Crippen LogP contribution in [-0.4, -0.2) is 16.5 Å². The van der Waals surface area contributed by atoms with Crippen LogP contribution < -0.4 is 16.5 Å². The Hall–Kier alpha value is -2.30. The molecule has 1 aliphatic rings. The highest BCUT2D eigenvalue weighted by atomic mass is 16.2. The van der Waals surface area contributed by atoms with Crippen LogP contribution in [-0.2, 0) is 7.05 Å². The fourth-order valence-corrected chi connectivity index (χ4v) is 3.05. The van der Waals surface area contributed by atoms with Crippen molar-refractivity contribution < 1.29 is 4.79 Å². The molecule has 1 heterocycles. The van der Waals surface area contributed by atoms with Crippen LogP contribution in [0.5, 0.6) is 0 Å². The first kappa shape index (κ1) is 13.7. The molecule has 1 saturated carbocycles. The number of nitrogens with two attached hydrogens (primary N) is 1. The van der Waals surface area contributed by atoms with Crippen molar-refractivity contribution in [3.05, 3.63) is 40.2 Å². The van der Waals surface area contributed by atoms with Gasteiger partial charge in [-0.1, -0.05) is 18.9 Å². The van der Waals surface area contributed by atoms with Crippen LogP contribution in [0.25, 0.3) is 10.9 Å². The summed E-state index contributed by atoms with van der Waals surface area (Å²) in [6.07, 6.45) is 5.83. The topological polar surface area (TPSA) is 77.1 Å². The Balaban J connectivity index is 2.06. The number of hydrogen-bond acceptors (Lipinski definition) is 3. The molecule has 0 bridgehead atoms. The third-order valence-corrected chi connectivity index (χ3v) is 4.18. The van der Waals surface area contributed by atoms with Gasteiger partial charge in [0.2, 0.25) is 5.43 Å². The Bertz CT molecular complexity index is 758. The third-order valence-electron chi connectivity index (χ3n) is 4.18. The van der Waals surface area contributed by atoms with Gasteiger partial charge in [-0.3, -0.25) is 9.59 Å². The molecule has 5 heteroatoms. The summed E-state index contributed by atoms with van der Waals surface area (Å²) in [4.78, 5) is 24.9. The lowest BCUT2D eigenvalue weighted by Crippen LogP contribution is -2.36. The van der Waals surface area contributed by atoms with E-state index in [1.807, 2.05) is 13.1 Å². The van der Waals surface area contributed by atoms with Crippen molar-refractivity contribution in [2.24, 2.45) is 7.05 Å². The molecule has 0 saturated heterocycles. The predicted octanol–water partition coefficient (Wildman–Crippen LogP) is 1.79. The fourth-order valence-electron chi connectivity index (χ4n) is 3.05. The molecule has 0 spiro atoms. The molecule has 3 rings (SSSR count). The Labute approximate surface area is 122 Å². The molecule has 0 aliphatic heterocycles. The van der Waals surface area contributed by atoms with Crippen LogP contribution in [0.3, 0.4) is 0 Å². The monoisotopic (exact) mass is 285 g/mol. The third kappa shape index (κ3) is 2.39. The number of benzene rings is 1. The van der Waals surface area contributed by atoms with Crippen LogP contribution in [0.4, 0.5) is 5.69 Å². The van der Waals surface area contributed by atoms with E-state index in [1.165, 1.54) is 0 Å². The molecule has 2 aromatic rings. The van der Waals surface area contributed by atoms with E-state index in [1.54, 1.807) is 22.9 Å². The van der Waals surface area contributed by atoms with Crippen LogP contribution in [0, 0.1) is 0 Å². The van der Waals surface area contributed by atoms with Crippen LogP contribution in [0.1, 0.15) is 36.0 Å². The van der Waals surface area contributed by atoms with Gasteiger partial charge in [-0.15, -0.1) is 0 Å². The smallest absolute Gasteiger partial charge is 0.256 e. The van der Waals surface area contributed by atoms with E-state index in [0.717, 1.165) is 31.2 Å². The Morgan fingerprint density at radius 3 is 2.76 bits per heavy atom. The molecule has 1 fully saturated rings. The minimum Gasteiger partial charge on any atom is -0.398 e. The molecule has 1 amide bonds. The zero-order valence-corrected chi connectivity index (χ0v) is 12.1. The van der Waals surface area contributed by atoms with E-state index >= 15 is 0 Å². The quantitative estimate of drug-likeness (QED) is 0.826. The molecule has 5 nitrogen and oxygen atoms in total. The summed E-state index contributed by atoms with van der Waals surface area (Å²) in [5.74, 6) is -0.298. The van der Waals surface area contributed by atoms with Crippen LogP contribution in [0.15, 0.2) is 29.2 Å². The fraction of sp³-hybridized carbons (Fsp3) is 0.375. The highest BCUT2D eigenvalue weighted by Crippen LogP contribution is 2.19. The lowest BCUT2D eigenvalue weighted by atomic mass is 10.1. The zero-order chi connectivity index (χ0) is 15.0. The van der Waals surface area contributed by atoms with E-state index in [9.17, 15) is 9.59 Å². The number of carbonyl (C=O) groups is 1. The zero-order valence-electron chi connectivity index (χ0n) is 12.1. The van der Waals surface area contributed by atoms with E-state index < -0.39 is 0 Å². The maximum absolute atomic E-state index is 12.6. The number of nitrogens with zero attached hydrogens (tertiary/aromatic N) is 1. The molecule has 0 radical (unpaired) electrons. The van der Waals surface area contributed by atoms with Crippen molar-refractivity contribution in [2.45, 2.75) is 31.7 Å². The number of amides is 1. The Morgan fingerprint density at radius 1 is 1.33 bits per heavy atom. The summed E-state index contributed by atoms with van der Waals surface area (Å²) in [7, 11) is 1.81. The first-order valence-corrected chi connectivity index (χ1v) is 7.26. The average molecular weight is 285 g/mol. The summed E-state index contributed by atoms with van der Waals surface area (Å²) in [5.41, 5.74) is 6.92. The second-order valence-corrected chi connectivity index (χ2v) is 5.68. The summed E-state index contributed by atoms with van der Waals surface area (Å²) < 4.78 is 1.77. The van der Waals surface area contributed by atoms with Crippen LogP contribution >= 0.6 is 0 Å². The van der Waals surface area contributed by atoms with Gasteiger partial charge in [-0.05, 0) is 25.0 Å². The maximum atomic E-state index is 12.6. The molecule has 0 atom stereocenters. The highest BCUT2D eigenvalue weighted by molar-refractivity contribution is 6.00. The van der Waals surface area contributed by atoms with Crippen molar-refractivity contribution >= 4 is 22.5 Å². The van der Waals surface area contributed by atoms with Crippen molar-refractivity contribution in [2.75, 3.05) is 5.73 Å². The van der Waals surface area contributed by atoms with Gasteiger partial charge in [0.05, 0.1) is 10.9 Å². The van der Waals surface area contributed by atoms with E-state index in [4.69, 9.17) is 5.73 Å². The molecule has 1 aromatic heterocycles. The number of carbonyl (C=O) groups excluding carboxylic acids is 1. The van der Waals surface area contributed by atoms with E-state index in [0.29, 0.717) is 11.1 Å². The SMILES string of the molecule is Cn1cc(C(=O)NC2CCCC2)c(=O)c2c(N)cccc21. The number of nitrogen functional groups attached to an aromatic ring is 1. The maximum Gasteiger partial charge on any atom is 0.256 e. The van der Waals surface area contributed by atoms with Crippen LogP contribution in [0.2, 0.25) is 0 Å². The van der Waals surface area contributed by atoms with Gasteiger partial charge >= 0.3 is 0 Å². The van der Waals surface area contributed by atoms with Gasteiger partial charge in [-0.25, -0.2) is 0 Å². The Kier molecular flexibility index (Phi) is 3.41. The number of aromatic nitrogens is 1. The van der Waals surface area contributed by atoms with Gasteiger partial charge in [0, 0.05) is 25.0 Å². The number of anilines is 1.